The Labute approximate surface area is 158 Å². The number of carbonyl (C=O) groups is 1. The molecule has 1 aromatic carbocycles. The van der Waals surface area contributed by atoms with Gasteiger partial charge in [-0.15, -0.1) is 0 Å². The number of methoxy groups -OCH3 is 1. The molecule has 0 fully saturated rings. The van der Waals surface area contributed by atoms with E-state index in [1.54, 1.807) is 25.4 Å². The molecule has 9 nitrogen and oxygen atoms in total. The predicted molar refractivity (Wildman–Crippen MR) is 95.5 cm³/mol. The minimum atomic E-state index is -0.679. The fraction of sp³-hybridized carbons (Fsp3) is 0.188. The SMILES string of the molecule is COc1cc(Cl)c(F)cc1NC(=O)N[C@@H](C)c1ncnn1-c1ncccn1. The van der Waals surface area contributed by atoms with Crippen LogP contribution in [0, 0.1) is 5.82 Å². The fourth-order valence-corrected chi connectivity index (χ4v) is 2.47. The Morgan fingerprint density at radius 2 is 2.04 bits per heavy atom. The average molecular weight is 392 g/mol. The Morgan fingerprint density at radius 1 is 1.30 bits per heavy atom. The van der Waals surface area contributed by atoms with Crippen molar-refractivity contribution in [3.8, 4) is 11.7 Å². The molecular formula is C16H15ClFN7O2. The highest BCUT2D eigenvalue weighted by Crippen LogP contribution is 2.30. The number of aromatic nitrogens is 5. The lowest BCUT2D eigenvalue weighted by molar-refractivity contribution is 0.248. The van der Waals surface area contributed by atoms with Crippen molar-refractivity contribution in [2.75, 3.05) is 12.4 Å². The van der Waals surface area contributed by atoms with E-state index in [4.69, 9.17) is 16.3 Å². The maximum absolute atomic E-state index is 13.7. The lowest BCUT2D eigenvalue weighted by Crippen LogP contribution is -2.33. The van der Waals surface area contributed by atoms with Crippen molar-refractivity contribution in [2.24, 2.45) is 0 Å². The highest BCUT2D eigenvalue weighted by Gasteiger charge is 2.19. The van der Waals surface area contributed by atoms with Crippen molar-refractivity contribution >= 4 is 23.3 Å². The summed E-state index contributed by atoms with van der Waals surface area (Å²) >= 11 is 5.72. The molecule has 0 saturated carbocycles. The van der Waals surface area contributed by atoms with Crippen LogP contribution >= 0.6 is 11.6 Å². The van der Waals surface area contributed by atoms with E-state index in [-0.39, 0.29) is 16.5 Å². The van der Waals surface area contributed by atoms with Crippen LogP contribution in [-0.4, -0.2) is 37.9 Å². The summed E-state index contributed by atoms with van der Waals surface area (Å²) in [4.78, 5) is 24.7. The van der Waals surface area contributed by atoms with Crippen LogP contribution in [0.1, 0.15) is 18.8 Å². The summed E-state index contributed by atoms with van der Waals surface area (Å²) in [5, 5.41) is 9.17. The number of nitrogens with zero attached hydrogens (tertiary/aromatic N) is 5. The van der Waals surface area contributed by atoms with E-state index in [1.165, 1.54) is 24.2 Å². The standard InChI is InChI=1S/C16H15ClFN7O2/c1-9(14-21-8-22-25(14)15-19-4-3-5-20-15)23-16(26)24-12-7-11(18)10(17)6-13(12)27-2/h3-9H,1-2H3,(H2,23,24,26)/t9-/m0/s1. The molecule has 0 radical (unpaired) electrons. The molecule has 0 aliphatic heterocycles. The van der Waals surface area contributed by atoms with E-state index in [1.807, 2.05) is 0 Å². The Kier molecular flexibility index (Phi) is 5.46. The second kappa shape index (κ2) is 7.96. The van der Waals surface area contributed by atoms with Gasteiger partial charge in [-0.05, 0) is 13.0 Å². The van der Waals surface area contributed by atoms with Crippen molar-refractivity contribution in [2.45, 2.75) is 13.0 Å². The van der Waals surface area contributed by atoms with Crippen molar-refractivity contribution in [3.05, 3.63) is 53.6 Å². The molecule has 27 heavy (non-hydrogen) atoms. The maximum Gasteiger partial charge on any atom is 0.319 e. The number of hydrogen-bond acceptors (Lipinski definition) is 6. The van der Waals surface area contributed by atoms with Crippen LogP contribution in [0.2, 0.25) is 5.02 Å². The van der Waals surface area contributed by atoms with Crippen molar-refractivity contribution in [1.29, 1.82) is 0 Å². The summed E-state index contributed by atoms with van der Waals surface area (Å²) in [6.45, 7) is 1.71. The molecule has 2 amide bonds. The monoisotopic (exact) mass is 391 g/mol. The Hall–Kier alpha value is -3.27. The minimum absolute atomic E-state index is 0.109. The molecule has 140 valence electrons. The lowest BCUT2D eigenvalue weighted by Gasteiger charge is -2.16. The topological polar surface area (TPSA) is 107 Å². The van der Waals surface area contributed by atoms with E-state index >= 15 is 0 Å². The first-order valence-electron chi connectivity index (χ1n) is 7.77. The number of hydrogen-bond donors (Lipinski definition) is 2. The first-order chi connectivity index (χ1) is 13.0. The van der Waals surface area contributed by atoms with Crippen LogP contribution in [0.5, 0.6) is 5.75 Å². The van der Waals surface area contributed by atoms with E-state index in [0.29, 0.717) is 11.8 Å². The van der Waals surface area contributed by atoms with Crippen LogP contribution in [0.4, 0.5) is 14.9 Å². The molecule has 1 atom stereocenters. The van der Waals surface area contributed by atoms with Gasteiger partial charge in [0.25, 0.3) is 5.95 Å². The third kappa shape index (κ3) is 4.11. The maximum atomic E-state index is 13.7. The highest BCUT2D eigenvalue weighted by atomic mass is 35.5. The highest BCUT2D eigenvalue weighted by molar-refractivity contribution is 6.31. The summed E-state index contributed by atoms with van der Waals surface area (Å²) in [6, 6.07) is 2.89. The van der Waals surface area contributed by atoms with Gasteiger partial charge in [-0.2, -0.15) is 9.78 Å². The zero-order valence-corrected chi connectivity index (χ0v) is 15.1. The van der Waals surface area contributed by atoms with E-state index in [0.717, 1.165) is 6.07 Å². The van der Waals surface area contributed by atoms with E-state index in [9.17, 15) is 9.18 Å². The quantitative estimate of drug-likeness (QED) is 0.692. The number of ether oxygens (including phenoxy) is 1. The van der Waals surface area contributed by atoms with Crippen molar-refractivity contribution < 1.29 is 13.9 Å². The summed E-state index contributed by atoms with van der Waals surface area (Å²) in [7, 11) is 1.39. The molecular weight excluding hydrogens is 377 g/mol. The first kappa shape index (κ1) is 18.5. The molecule has 0 bridgehead atoms. The number of benzene rings is 1. The number of carbonyl (C=O) groups excluding carboxylic acids is 1. The zero-order chi connectivity index (χ0) is 19.4. The van der Waals surface area contributed by atoms with Gasteiger partial charge in [0, 0.05) is 24.5 Å². The summed E-state index contributed by atoms with van der Waals surface area (Å²) in [5.41, 5.74) is 0.136. The molecule has 3 aromatic rings. The minimum Gasteiger partial charge on any atom is -0.495 e. The third-order valence-electron chi connectivity index (χ3n) is 3.54. The fourth-order valence-electron chi connectivity index (χ4n) is 2.32. The second-order valence-corrected chi connectivity index (χ2v) is 5.77. The Morgan fingerprint density at radius 3 is 2.74 bits per heavy atom. The zero-order valence-electron chi connectivity index (χ0n) is 14.3. The molecule has 0 aliphatic carbocycles. The molecule has 2 N–H and O–H groups in total. The van der Waals surface area contributed by atoms with Gasteiger partial charge in [0.1, 0.15) is 17.9 Å². The smallest absolute Gasteiger partial charge is 0.319 e. The van der Waals surface area contributed by atoms with Gasteiger partial charge < -0.3 is 15.4 Å². The van der Waals surface area contributed by atoms with Crippen LogP contribution in [-0.2, 0) is 0 Å². The molecule has 2 aromatic heterocycles. The van der Waals surface area contributed by atoms with Gasteiger partial charge in [-0.1, -0.05) is 11.6 Å². The number of nitrogens with one attached hydrogen (secondary N) is 2. The van der Waals surface area contributed by atoms with Crippen LogP contribution < -0.4 is 15.4 Å². The first-order valence-corrected chi connectivity index (χ1v) is 8.15. The average Bonchev–Trinajstić information content (AvgIpc) is 3.15. The second-order valence-electron chi connectivity index (χ2n) is 5.37. The summed E-state index contributed by atoms with van der Waals surface area (Å²) < 4.78 is 20.2. The number of anilines is 1. The van der Waals surface area contributed by atoms with Crippen molar-refractivity contribution in [1.82, 2.24) is 30.0 Å². The molecule has 0 unspecified atom stereocenters. The number of amides is 2. The van der Waals surface area contributed by atoms with E-state index < -0.39 is 17.9 Å². The summed E-state index contributed by atoms with van der Waals surface area (Å²) in [5.74, 6) is 0.290. The molecule has 0 spiro atoms. The van der Waals surface area contributed by atoms with Gasteiger partial charge in [0.2, 0.25) is 0 Å². The van der Waals surface area contributed by atoms with Crippen LogP contribution in [0.25, 0.3) is 5.95 Å². The molecule has 2 heterocycles. The Balaban J connectivity index is 1.74. The van der Waals surface area contributed by atoms with E-state index in [2.05, 4.69) is 30.7 Å². The molecule has 3 rings (SSSR count). The van der Waals surface area contributed by atoms with Crippen LogP contribution in [0.3, 0.4) is 0 Å². The normalized spacial score (nSPS) is 11.7. The van der Waals surface area contributed by atoms with Gasteiger partial charge in [0.05, 0.1) is 23.9 Å². The number of halogens is 2. The predicted octanol–water partition coefficient (Wildman–Crippen LogP) is 2.74. The molecule has 11 heteroatoms. The number of rotatable bonds is 5. The summed E-state index contributed by atoms with van der Waals surface area (Å²) in [6.07, 6.45) is 4.47. The number of urea groups is 1. The largest absolute Gasteiger partial charge is 0.495 e. The van der Waals surface area contributed by atoms with Gasteiger partial charge >= 0.3 is 6.03 Å². The third-order valence-corrected chi connectivity index (χ3v) is 3.83. The lowest BCUT2D eigenvalue weighted by atomic mass is 10.2. The van der Waals surface area contributed by atoms with Gasteiger partial charge in [-0.25, -0.2) is 24.1 Å². The molecule has 0 saturated heterocycles. The van der Waals surface area contributed by atoms with Gasteiger partial charge in [0.15, 0.2) is 5.82 Å². The Bertz CT molecular complexity index is 951. The van der Waals surface area contributed by atoms with Gasteiger partial charge in [-0.3, -0.25) is 0 Å². The van der Waals surface area contributed by atoms with Crippen LogP contribution in [0.15, 0.2) is 36.9 Å². The molecule has 0 aliphatic rings. The van der Waals surface area contributed by atoms with Crippen molar-refractivity contribution in [3.63, 3.8) is 0 Å².